The smallest absolute Gasteiger partial charge is 0.352 e. The highest BCUT2D eigenvalue weighted by Gasteiger charge is 2.16. The number of halogens is 2. The van der Waals surface area contributed by atoms with Crippen molar-refractivity contribution in [2.24, 2.45) is 0 Å². The van der Waals surface area contributed by atoms with Crippen LogP contribution in [0.15, 0.2) is 72.4 Å². The molecule has 0 aliphatic rings. The van der Waals surface area contributed by atoms with Crippen molar-refractivity contribution in [2.75, 3.05) is 7.11 Å². The second-order valence-electron chi connectivity index (χ2n) is 6.64. The van der Waals surface area contributed by atoms with Crippen LogP contribution in [0.3, 0.4) is 0 Å². The van der Waals surface area contributed by atoms with Crippen LogP contribution in [0.5, 0.6) is 11.5 Å². The molecule has 0 aliphatic carbocycles. The van der Waals surface area contributed by atoms with Gasteiger partial charge < -0.3 is 19.9 Å². The van der Waals surface area contributed by atoms with Gasteiger partial charge in [-0.25, -0.2) is 9.18 Å². The molecular formula is C24H19FINO5. The molecule has 0 unspecified atom stereocenters. The highest BCUT2D eigenvalue weighted by Crippen LogP contribution is 2.35. The first-order chi connectivity index (χ1) is 15.4. The molecule has 0 spiro atoms. The van der Waals surface area contributed by atoms with Gasteiger partial charge in [0, 0.05) is 5.56 Å². The van der Waals surface area contributed by atoms with Crippen LogP contribution in [0.1, 0.15) is 21.5 Å². The molecular weight excluding hydrogens is 528 g/mol. The zero-order chi connectivity index (χ0) is 23.1. The van der Waals surface area contributed by atoms with Crippen molar-refractivity contribution in [3.63, 3.8) is 0 Å². The van der Waals surface area contributed by atoms with Gasteiger partial charge in [0.2, 0.25) is 0 Å². The van der Waals surface area contributed by atoms with Crippen molar-refractivity contribution >= 4 is 40.5 Å². The van der Waals surface area contributed by atoms with Crippen LogP contribution in [0.2, 0.25) is 0 Å². The third-order valence-corrected chi connectivity index (χ3v) is 5.15. The number of carboxylic acids is 1. The molecule has 2 N–H and O–H groups in total. The minimum atomic E-state index is -1.28. The van der Waals surface area contributed by atoms with Gasteiger partial charge >= 0.3 is 5.97 Å². The zero-order valence-electron chi connectivity index (χ0n) is 17.0. The molecule has 0 heterocycles. The van der Waals surface area contributed by atoms with E-state index in [1.54, 1.807) is 54.6 Å². The molecule has 164 valence electrons. The van der Waals surface area contributed by atoms with E-state index in [0.717, 1.165) is 0 Å². The number of carbonyl (C=O) groups is 2. The molecule has 3 aromatic rings. The van der Waals surface area contributed by atoms with E-state index in [4.69, 9.17) is 9.47 Å². The topological polar surface area (TPSA) is 84.9 Å². The maximum atomic E-state index is 13.4. The highest BCUT2D eigenvalue weighted by molar-refractivity contribution is 14.1. The Balaban J connectivity index is 1.84. The molecule has 8 heteroatoms. The summed E-state index contributed by atoms with van der Waals surface area (Å²) in [6.45, 7) is 0.132. The monoisotopic (exact) mass is 547 g/mol. The second-order valence-corrected chi connectivity index (χ2v) is 7.80. The summed E-state index contributed by atoms with van der Waals surface area (Å²) in [6, 6.07) is 17.7. The van der Waals surface area contributed by atoms with Crippen LogP contribution in [0, 0.1) is 9.39 Å². The minimum absolute atomic E-state index is 0.132. The number of hydrogen-bond donors (Lipinski definition) is 2. The predicted octanol–water partition coefficient (Wildman–Crippen LogP) is 4.87. The maximum Gasteiger partial charge on any atom is 0.352 e. The Kier molecular flexibility index (Phi) is 7.82. The summed E-state index contributed by atoms with van der Waals surface area (Å²) in [7, 11) is 1.46. The molecule has 0 fully saturated rings. The first-order valence-corrected chi connectivity index (χ1v) is 10.5. The third kappa shape index (κ3) is 6.07. The number of methoxy groups -OCH3 is 1. The van der Waals surface area contributed by atoms with Crippen molar-refractivity contribution in [1.29, 1.82) is 0 Å². The van der Waals surface area contributed by atoms with Gasteiger partial charge in [0.05, 0.1) is 10.7 Å². The quantitative estimate of drug-likeness (QED) is 0.311. The van der Waals surface area contributed by atoms with Gasteiger partial charge in [0.15, 0.2) is 11.5 Å². The van der Waals surface area contributed by atoms with E-state index in [1.807, 2.05) is 22.6 Å². The van der Waals surface area contributed by atoms with Crippen LogP contribution in [-0.4, -0.2) is 24.1 Å². The Morgan fingerprint density at radius 2 is 1.84 bits per heavy atom. The normalized spacial score (nSPS) is 11.0. The van der Waals surface area contributed by atoms with E-state index in [0.29, 0.717) is 31.8 Å². The molecule has 6 nitrogen and oxygen atoms in total. The number of carboxylic acid groups (broad SMARTS) is 1. The summed E-state index contributed by atoms with van der Waals surface area (Å²) < 4.78 is 25.3. The Bertz CT molecular complexity index is 1160. The molecule has 0 atom stereocenters. The lowest BCUT2D eigenvalue weighted by Crippen LogP contribution is -2.27. The minimum Gasteiger partial charge on any atom is -0.493 e. The average Bonchev–Trinajstić information content (AvgIpc) is 2.78. The molecule has 3 rings (SSSR count). The molecule has 3 aromatic carbocycles. The van der Waals surface area contributed by atoms with Crippen molar-refractivity contribution < 1.29 is 28.6 Å². The fraction of sp³-hybridized carbons (Fsp3) is 0.0833. The summed E-state index contributed by atoms with van der Waals surface area (Å²) in [5.41, 5.74) is 1.21. The summed E-state index contributed by atoms with van der Waals surface area (Å²) in [6.07, 6.45) is 1.34. The average molecular weight is 547 g/mol. The highest BCUT2D eigenvalue weighted by atomic mass is 127. The summed E-state index contributed by atoms with van der Waals surface area (Å²) in [5, 5.41) is 12.0. The van der Waals surface area contributed by atoms with E-state index in [1.165, 1.54) is 25.3 Å². The van der Waals surface area contributed by atoms with Gasteiger partial charge in [-0.1, -0.05) is 30.3 Å². The molecule has 32 heavy (non-hydrogen) atoms. The van der Waals surface area contributed by atoms with Crippen LogP contribution < -0.4 is 14.8 Å². The van der Waals surface area contributed by atoms with Crippen LogP contribution in [0.4, 0.5) is 4.39 Å². The number of ether oxygens (including phenoxy) is 2. The lowest BCUT2D eigenvalue weighted by atomic mass is 10.1. The number of nitrogens with one attached hydrogen (secondary N) is 1. The van der Waals surface area contributed by atoms with Gasteiger partial charge in [0.25, 0.3) is 5.91 Å². The number of aliphatic carboxylic acids is 1. The van der Waals surface area contributed by atoms with E-state index in [-0.39, 0.29) is 18.1 Å². The molecule has 0 saturated carbocycles. The van der Waals surface area contributed by atoms with Gasteiger partial charge in [-0.05, 0) is 76.2 Å². The van der Waals surface area contributed by atoms with Crippen molar-refractivity contribution in [3.05, 3.63) is 98.5 Å². The van der Waals surface area contributed by atoms with E-state index in [9.17, 15) is 19.1 Å². The fourth-order valence-electron chi connectivity index (χ4n) is 2.85. The van der Waals surface area contributed by atoms with Gasteiger partial charge in [-0.2, -0.15) is 0 Å². The molecule has 0 bridgehead atoms. The van der Waals surface area contributed by atoms with E-state index >= 15 is 0 Å². The Labute approximate surface area is 197 Å². The maximum absolute atomic E-state index is 13.4. The van der Waals surface area contributed by atoms with Crippen molar-refractivity contribution in [3.8, 4) is 11.5 Å². The van der Waals surface area contributed by atoms with Crippen LogP contribution in [0.25, 0.3) is 6.08 Å². The van der Waals surface area contributed by atoms with Crippen LogP contribution >= 0.6 is 22.6 Å². The fourth-order valence-corrected chi connectivity index (χ4v) is 3.63. The predicted molar refractivity (Wildman–Crippen MR) is 126 cm³/mol. The van der Waals surface area contributed by atoms with Crippen LogP contribution in [-0.2, 0) is 11.4 Å². The zero-order valence-corrected chi connectivity index (χ0v) is 19.1. The first-order valence-electron chi connectivity index (χ1n) is 9.43. The third-order valence-electron chi connectivity index (χ3n) is 4.35. The van der Waals surface area contributed by atoms with E-state index < -0.39 is 11.9 Å². The van der Waals surface area contributed by atoms with E-state index in [2.05, 4.69) is 5.32 Å². The summed E-state index contributed by atoms with van der Waals surface area (Å²) >= 11 is 2.04. The van der Waals surface area contributed by atoms with Gasteiger partial charge in [-0.3, -0.25) is 4.79 Å². The molecule has 1 amide bonds. The number of benzene rings is 3. The SMILES string of the molecule is COc1cc(C=C(NC(=O)c2ccccc2)C(=O)O)cc(I)c1OCc1cccc(F)c1. The Morgan fingerprint density at radius 1 is 1.09 bits per heavy atom. The number of hydrogen-bond acceptors (Lipinski definition) is 4. The lowest BCUT2D eigenvalue weighted by Gasteiger charge is -2.14. The number of rotatable bonds is 8. The second kappa shape index (κ2) is 10.8. The van der Waals surface area contributed by atoms with Crippen molar-refractivity contribution in [1.82, 2.24) is 5.32 Å². The first kappa shape index (κ1) is 23.3. The number of carbonyl (C=O) groups excluding carboxylic acids is 1. The van der Waals surface area contributed by atoms with Gasteiger partial charge in [-0.15, -0.1) is 0 Å². The summed E-state index contributed by atoms with van der Waals surface area (Å²) in [4.78, 5) is 24.0. The molecule has 0 saturated heterocycles. The van der Waals surface area contributed by atoms with Crippen molar-refractivity contribution in [2.45, 2.75) is 6.61 Å². The molecule has 0 aromatic heterocycles. The molecule has 0 aliphatic heterocycles. The van der Waals surface area contributed by atoms with Gasteiger partial charge in [0.1, 0.15) is 18.1 Å². The largest absolute Gasteiger partial charge is 0.493 e. The number of amides is 1. The Morgan fingerprint density at radius 3 is 2.50 bits per heavy atom. The standard InChI is InChI=1S/C24H19FINO5/c1-31-21-13-16(11-19(26)22(21)32-14-15-6-5-9-18(25)10-15)12-20(24(29)30)27-23(28)17-7-3-2-4-8-17/h2-13H,14H2,1H3,(H,27,28)(H,29,30). The summed E-state index contributed by atoms with van der Waals surface area (Å²) in [5.74, 6) is -1.35. The lowest BCUT2D eigenvalue weighted by molar-refractivity contribution is -0.132. The molecule has 0 radical (unpaired) electrons. The Hall–Kier alpha value is -3.40.